The molecule has 0 radical (unpaired) electrons. The topological polar surface area (TPSA) is 70.9 Å². The van der Waals surface area contributed by atoms with E-state index in [0.29, 0.717) is 19.0 Å². The second-order valence-corrected chi connectivity index (χ2v) is 9.49. The summed E-state index contributed by atoms with van der Waals surface area (Å²) in [4.78, 5) is 13.0. The van der Waals surface area contributed by atoms with E-state index >= 15 is 0 Å². The van der Waals surface area contributed by atoms with Crippen LogP contribution in [0.2, 0.25) is 0 Å². The number of amides is 1. The zero-order chi connectivity index (χ0) is 21.0. The van der Waals surface area contributed by atoms with Crippen LogP contribution in [0, 0.1) is 5.82 Å². The Morgan fingerprint density at radius 2 is 1.72 bits per heavy atom. The average molecular weight is 421 g/mol. The molecule has 1 heterocycles. The Morgan fingerprint density at radius 3 is 2.31 bits per heavy atom. The van der Waals surface area contributed by atoms with Crippen molar-refractivity contribution in [2.75, 3.05) is 38.0 Å². The monoisotopic (exact) mass is 420 g/mol. The van der Waals surface area contributed by atoms with Crippen LogP contribution in [0.3, 0.4) is 0 Å². The van der Waals surface area contributed by atoms with Gasteiger partial charge in [0.1, 0.15) is 10.7 Å². The predicted octanol–water partition coefficient (Wildman–Crippen LogP) is 1.48. The quantitative estimate of drug-likeness (QED) is 0.744. The minimum absolute atomic E-state index is 0.109. The normalized spacial score (nSPS) is 16.1. The molecule has 0 spiro atoms. The second-order valence-electron chi connectivity index (χ2n) is 7.59. The standard InChI is InChI=1S/C21H26FN3O3S/c1-16(2)17-7-9-18(10-8-17)23-21(26)15-24-11-13-25(14-12-24)29(27,28)20-6-4-3-5-19(20)22/h3-10,16H,11-15H2,1-2H3,(H,23,26)/p+1. The number of carbonyl (C=O) groups excluding carboxylic acids is 1. The molecule has 1 amide bonds. The van der Waals surface area contributed by atoms with E-state index in [2.05, 4.69) is 19.2 Å². The molecule has 0 unspecified atom stereocenters. The summed E-state index contributed by atoms with van der Waals surface area (Å²) in [6, 6.07) is 13.2. The van der Waals surface area contributed by atoms with E-state index in [1.54, 1.807) is 0 Å². The number of halogens is 1. The molecule has 8 heteroatoms. The molecule has 2 N–H and O–H groups in total. The Morgan fingerprint density at radius 1 is 1.10 bits per heavy atom. The summed E-state index contributed by atoms with van der Waals surface area (Å²) in [5.74, 6) is -0.422. The number of piperazine rings is 1. The van der Waals surface area contributed by atoms with Gasteiger partial charge in [0.15, 0.2) is 6.54 Å². The Kier molecular flexibility index (Phi) is 6.66. The van der Waals surface area contributed by atoms with Gasteiger partial charge in [-0.2, -0.15) is 4.31 Å². The van der Waals surface area contributed by atoms with Crippen LogP contribution >= 0.6 is 0 Å². The first-order valence-electron chi connectivity index (χ1n) is 9.75. The molecule has 0 bridgehead atoms. The first-order valence-corrected chi connectivity index (χ1v) is 11.2. The van der Waals surface area contributed by atoms with Crippen molar-refractivity contribution in [3.63, 3.8) is 0 Å². The molecule has 1 fully saturated rings. The summed E-state index contributed by atoms with van der Waals surface area (Å²) >= 11 is 0. The van der Waals surface area contributed by atoms with Crippen molar-refractivity contribution in [3.8, 4) is 0 Å². The van der Waals surface area contributed by atoms with Crippen LogP contribution in [-0.4, -0.2) is 51.4 Å². The van der Waals surface area contributed by atoms with E-state index in [1.807, 2.05) is 24.3 Å². The molecule has 0 atom stereocenters. The minimum Gasteiger partial charge on any atom is -0.325 e. The molecular formula is C21H27FN3O3S+. The van der Waals surface area contributed by atoms with Crippen molar-refractivity contribution < 1.29 is 22.5 Å². The van der Waals surface area contributed by atoms with Crippen molar-refractivity contribution in [1.29, 1.82) is 0 Å². The van der Waals surface area contributed by atoms with Gasteiger partial charge >= 0.3 is 0 Å². The van der Waals surface area contributed by atoms with E-state index in [9.17, 15) is 17.6 Å². The lowest BCUT2D eigenvalue weighted by atomic mass is 10.0. The third-order valence-corrected chi connectivity index (χ3v) is 7.09. The van der Waals surface area contributed by atoms with Gasteiger partial charge in [-0.3, -0.25) is 4.79 Å². The number of hydrogen-bond acceptors (Lipinski definition) is 3. The molecule has 1 saturated heterocycles. The van der Waals surface area contributed by atoms with Crippen LogP contribution in [0.4, 0.5) is 10.1 Å². The summed E-state index contributed by atoms with van der Waals surface area (Å²) in [5.41, 5.74) is 1.96. The van der Waals surface area contributed by atoms with Gasteiger partial charge in [0.25, 0.3) is 5.91 Å². The number of benzene rings is 2. The molecule has 1 aliphatic heterocycles. The highest BCUT2D eigenvalue weighted by molar-refractivity contribution is 7.89. The lowest BCUT2D eigenvalue weighted by Crippen LogP contribution is -3.15. The first kappa shape index (κ1) is 21.4. The molecule has 156 valence electrons. The minimum atomic E-state index is -3.86. The number of rotatable bonds is 6. The predicted molar refractivity (Wildman–Crippen MR) is 110 cm³/mol. The zero-order valence-corrected chi connectivity index (χ0v) is 17.5. The number of sulfonamides is 1. The van der Waals surface area contributed by atoms with Crippen LogP contribution in [-0.2, 0) is 14.8 Å². The molecule has 3 rings (SSSR count). The van der Waals surface area contributed by atoms with Gasteiger partial charge in [-0.15, -0.1) is 0 Å². The number of quaternary nitrogens is 1. The maximum absolute atomic E-state index is 13.9. The molecular weight excluding hydrogens is 393 g/mol. The third kappa shape index (κ3) is 5.20. The number of nitrogens with zero attached hydrogens (tertiary/aromatic N) is 1. The first-order chi connectivity index (χ1) is 13.8. The zero-order valence-electron chi connectivity index (χ0n) is 16.7. The van der Waals surface area contributed by atoms with Gasteiger partial charge in [-0.1, -0.05) is 38.1 Å². The summed E-state index contributed by atoms with van der Waals surface area (Å²) in [6.45, 7) is 5.98. The van der Waals surface area contributed by atoms with Gasteiger partial charge in [-0.25, -0.2) is 12.8 Å². The SMILES string of the molecule is CC(C)c1ccc(NC(=O)C[NH+]2CCN(S(=O)(=O)c3ccccc3F)CC2)cc1. The smallest absolute Gasteiger partial charge is 0.279 e. The molecule has 0 aromatic heterocycles. The average Bonchev–Trinajstić information content (AvgIpc) is 2.69. The van der Waals surface area contributed by atoms with Crippen molar-refractivity contribution >= 4 is 21.6 Å². The summed E-state index contributed by atoms with van der Waals surface area (Å²) in [5, 5.41) is 2.89. The number of nitrogens with one attached hydrogen (secondary N) is 2. The number of hydrogen-bond donors (Lipinski definition) is 2. The second kappa shape index (κ2) is 9.02. The fraction of sp³-hybridized carbons (Fsp3) is 0.381. The van der Waals surface area contributed by atoms with Crippen LogP contribution in [0.1, 0.15) is 25.3 Å². The van der Waals surface area contributed by atoms with Gasteiger partial charge in [0.2, 0.25) is 10.0 Å². The van der Waals surface area contributed by atoms with Gasteiger partial charge in [0.05, 0.1) is 26.2 Å². The number of anilines is 1. The van der Waals surface area contributed by atoms with E-state index in [0.717, 1.165) is 16.7 Å². The van der Waals surface area contributed by atoms with Crippen LogP contribution in [0.15, 0.2) is 53.4 Å². The molecule has 2 aromatic carbocycles. The Labute approximate surface area is 171 Å². The lowest BCUT2D eigenvalue weighted by molar-refractivity contribution is -0.895. The van der Waals surface area contributed by atoms with Gasteiger partial charge in [0, 0.05) is 5.69 Å². The van der Waals surface area contributed by atoms with E-state index in [-0.39, 0.29) is 30.4 Å². The third-order valence-electron chi connectivity index (χ3n) is 5.16. The highest BCUT2D eigenvalue weighted by atomic mass is 32.2. The fourth-order valence-electron chi connectivity index (χ4n) is 3.40. The highest BCUT2D eigenvalue weighted by Crippen LogP contribution is 2.19. The Bertz CT molecular complexity index is 953. The molecule has 0 saturated carbocycles. The van der Waals surface area contributed by atoms with Crippen LogP contribution < -0.4 is 10.2 Å². The van der Waals surface area contributed by atoms with E-state index in [4.69, 9.17) is 0 Å². The van der Waals surface area contributed by atoms with Crippen molar-refractivity contribution in [3.05, 3.63) is 59.9 Å². The summed E-state index contributed by atoms with van der Waals surface area (Å²) < 4.78 is 40.5. The maximum Gasteiger partial charge on any atom is 0.279 e. The Hall–Kier alpha value is -2.29. The van der Waals surface area contributed by atoms with Crippen molar-refractivity contribution in [1.82, 2.24) is 4.31 Å². The van der Waals surface area contributed by atoms with Crippen LogP contribution in [0.25, 0.3) is 0 Å². The van der Waals surface area contributed by atoms with Crippen molar-refractivity contribution in [2.24, 2.45) is 0 Å². The van der Waals surface area contributed by atoms with E-state index in [1.165, 1.54) is 28.1 Å². The molecule has 0 aliphatic carbocycles. The van der Waals surface area contributed by atoms with Crippen molar-refractivity contribution in [2.45, 2.75) is 24.7 Å². The largest absolute Gasteiger partial charge is 0.325 e. The Balaban J connectivity index is 1.53. The molecule has 29 heavy (non-hydrogen) atoms. The van der Waals surface area contributed by atoms with Crippen LogP contribution in [0.5, 0.6) is 0 Å². The molecule has 1 aliphatic rings. The van der Waals surface area contributed by atoms with Gasteiger partial charge < -0.3 is 10.2 Å². The lowest BCUT2D eigenvalue weighted by Gasteiger charge is -2.31. The van der Waals surface area contributed by atoms with Gasteiger partial charge in [-0.05, 0) is 35.7 Å². The molecule has 2 aromatic rings. The summed E-state index contributed by atoms with van der Waals surface area (Å²) in [7, 11) is -3.86. The van der Waals surface area contributed by atoms with E-state index < -0.39 is 15.8 Å². The summed E-state index contributed by atoms with van der Waals surface area (Å²) in [6.07, 6.45) is 0. The molecule has 6 nitrogen and oxygen atoms in total. The number of carbonyl (C=O) groups is 1. The maximum atomic E-state index is 13.9. The highest BCUT2D eigenvalue weighted by Gasteiger charge is 2.32. The fourth-order valence-corrected chi connectivity index (χ4v) is 4.90.